The van der Waals surface area contributed by atoms with E-state index in [9.17, 15) is 4.79 Å². The number of carbonyl (C=O) groups is 1. The molecule has 0 aromatic heterocycles. The summed E-state index contributed by atoms with van der Waals surface area (Å²) in [5.74, 6) is 0. The van der Waals surface area contributed by atoms with Crippen molar-refractivity contribution in [1.82, 2.24) is 0 Å². The first-order valence-corrected chi connectivity index (χ1v) is 10.1. The third kappa shape index (κ3) is 2.61. The molecule has 0 saturated heterocycles. The van der Waals surface area contributed by atoms with Gasteiger partial charge >= 0.3 is 131 Å². The Morgan fingerprint density at radius 2 is 0.870 bits per heavy atom. The molecule has 118 valence electrons. The van der Waals surface area contributed by atoms with E-state index < -0.39 is 6.60 Å². The predicted octanol–water partition coefficient (Wildman–Crippen LogP) is 3.76. The summed E-state index contributed by atoms with van der Waals surface area (Å²) in [7, 11) is 0. The second kappa shape index (κ2) is 6.66. The molecule has 1 nitrogen and oxygen atoms in total. The zero-order valence-electron chi connectivity index (χ0n) is 13.0. The van der Waals surface area contributed by atoms with Gasteiger partial charge in [0.2, 0.25) is 0 Å². The van der Waals surface area contributed by atoms with E-state index in [0.717, 1.165) is 15.9 Å². The van der Waals surface area contributed by atoms with Gasteiger partial charge in [-0.3, -0.25) is 0 Å². The standard InChI is InChI=1S/C20H19OP.ClH/c1-22(17-21,18-11-5-2-6-12-18,19-13-7-3-8-14-19)20-15-9-4-10-16-20;/h2-17H,1H3;1H. The summed E-state index contributed by atoms with van der Waals surface area (Å²) in [5.41, 5.74) is 0. The Hall–Kier alpha value is -1.95. The largest absolute Gasteiger partial charge is 0.147 e. The third-order valence-electron chi connectivity index (χ3n) is 4.53. The zero-order valence-corrected chi connectivity index (χ0v) is 14.7. The van der Waals surface area contributed by atoms with E-state index in [0.29, 0.717) is 0 Å². The average Bonchev–Trinajstić information content (AvgIpc) is 2.63. The van der Waals surface area contributed by atoms with Crippen LogP contribution >= 0.6 is 19.0 Å². The molecule has 0 bridgehead atoms. The summed E-state index contributed by atoms with van der Waals surface area (Å²) in [4.78, 5) is 12.6. The molecule has 0 N–H and O–H groups in total. The smallest absolute Gasteiger partial charge is 0.147 e. The normalized spacial score (nSPS) is 12.5. The number of carbonyl (C=O) groups excluding carboxylic acids is 1. The van der Waals surface area contributed by atoms with E-state index >= 15 is 0 Å². The van der Waals surface area contributed by atoms with Crippen LogP contribution in [-0.4, -0.2) is 12.7 Å². The van der Waals surface area contributed by atoms with Crippen molar-refractivity contribution in [3.05, 3.63) is 91.0 Å². The molecule has 0 fully saturated rings. The van der Waals surface area contributed by atoms with Gasteiger partial charge in [-0.1, -0.05) is 0 Å². The maximum absolute atomic E-state index is 12.6. The van der Waals surface area contributed by atoms with Gasteiger partial charge in [0, 0.05) is 0 Å². The maximum Gasteiger partial charge on any atom is -0.147 e. The van der Waals surface area contributed by atoms with Crippen molar-refractivity contribution in [3.63, 3.8) is 0 Å². The molecule has 0 aliphatic heterocycles. The molecule has 23 heavy (non-hydrogen) atoms. The van der Waals surface area contributed by atoms with Crippen LogP contribution in [0.25, 0.3) is 0 Å². The van der Waals surface area contributed by atoms with Crippen LogP contribution in [0.2, 0.25) is 0 Å². The Kier molecular flexibility index (Phi) is 5.04. The quantitative estimate of drug-likeness (QED) is 0.521. The van der Waals surface area contributed by atoms with E-state index in [1.807, 2.05) is 54.6 Å². The van der Waals surface area contributed by atoms with Crippen molar-refractivity contribution in [2.24, 2.45) is 0 Å². The summed E-state index contributed by atoms with van der Waals surface area (Å²) >= 11 is 0. The number of halogens is 1. The van der Waals surface area contributed by atoms with Crippen LogP contribution in [-0.2, 0) is 4.79 Å². The average molecular weight is 343 g/mol. The SMILES string of the molecule is CP(C=O)(c1ccccc1)(c1ccccc1)c1ccccc1.Cl. The second-order valence-corrected chi connectivity index (χ2v) is 10.8. The Labute approximate surface area is 143 Å². The molecule has 3 aromatic rings. The zero-order chi connectivity index (χ0) is 15.5. The van der Waals surface area contributed by atoms with Gasteiger partial charge in [-0.25, -0.2) is 0 Å². The fraction of sp³-hybridized carbons (Fsp3) is 0.0500. The number of hydrogen-bond donors (Lipinski definition) is 0. The van der Waals surface area contributed by atoms with Gasteiger partial charge < -0.3 is 0 Å². The summed E-state index contributed by atoms with van der Waals surface area (Å²) in [6.07, 6.45) is 0. The van der Waals surface area contributed by atoms with Crippen molar-refractivity contribution in [2.45, 2.75) is 0 Å². The maximum atomic E-state index is 12.6. The minimum atomic E-state index is -3.08. The monoisotopic (exact) mass is 342 g/mol. The predicted molar refractivity (Wildman–Crippen MR) is 105 cm³/mol. The van der Waals surface area contributed by atoms with Gasteiger partial charge in [-0.2, -0.15) is 0 Å². The number of rotatable bonds is 4. The molecular weight excluding hydrogens is 323 g/mol. The fourth-order valence-corrected chi connectivity index (χ4v) is 7.15. The van der Waals surface area contributed by atoms with Crippen molar-refractivity contribution >= 4 is 41.0 Å². The van der Waals surface area contributed by atoms with Crippen LogP contribution in [0, 0.1) is 0 Å². The van der Waals surface area contributed by atoms with Crippen LogP contribution in [0.5, 0.6) is 0 Å². The summed E-state index contributed by atoms with van der Waals surface area (Å²) in [6, 6.07) is 31.7. The first kappa shape index (κ1) is 17.4. The molecule has 0 heterocycles. The Morgan fingerprint density at radius 1 is 0.609 bits per heavy atom. The van der Waals surface area contributed by atoms with E-state index in [-0.39, 0.29) is 12.4 Å². The molecule has 0 aliphatic carbocycles. The number of benzene rings is 3. The molecule has 0 unspecified atom stereocenters. The van der Waals surface area contributed by atoms with Crippen LogP contribution < -0.4 is 15.9 Å². The first-order chi connectivity index (χ1) is 10.7. The molecule has 3 heteroatoms. The van der Waals surface area contributed by atoms with E-state index in [4.69, 9.17) is 0 Å². The topological polar surface area (TPSA) is 17.1 Å². The van der Waals surface area contributed by atoms with Crippen LogP contribution in [0.4, 0.5) is 0 Å². The Morgan fingerprint density at radius 3 is 1.09 bits per heavy atom. The fourth-order valence-electron chi connectivity index (χ4n) is 3.07. The van der Waals surface area contributed by atoms with Gasteiger partial charge in [0.05, 0.1) is 0 Å². The molecule has 0 spiro atoms. The molecule has 3 aromatic carbocycles. The van der Waals surface area contributed by atoms with Gasteiger partial charge in [0.15, 0.2) is 0 Å². The number of hydrogen-bond acceptors (Lipinski definition) is 1. The summed E-state index contributed by atoms with van der Waals surface area (Å²) in [5, 5.41) is 3.29. The minimum Gasteiger partial charge on any atom is -0.147 e. The summed E-state index contributed by atoms with van der Waals surface area (Å²) < 4.78 is 0. The van der Waals surface area contributed by atoms with Crippen LogP contribution in [0.3, 0.4) is 0 Å². The van der Waals surface area contributed by atoms with Crippen LogP contribution in [0.1, 0.15) is 0 Å². The molecule has 0 amide bonds. The van der Waals surface area contributed by atoms with Gasteiger partial charge in [0.1, 0.15) is 0 Å². The minimum absolute atomic E-state index is 0. The molecule has 0 radical (unpaired) electrons. The Bertz CT molecular complexity index is 673. The summed E-state index contributed by atoms with van der Waals surface area (Å²) in [6.45, 7) is -0.943. The van der Waals surface area contributed by atoms with Crippen molar-refractivity contribution in [3.8, 4) is 0 Å². The molecule has 0 atom stereocenters. The first-order valence-electron chi connectivity index (χ1n) is 7.34. The molecule has 0 saturated carbocycles. The van der Waals surface area contributed by atoms with E-state index in [1.165, 1.54) is 6.03 Å². The molecular formula is C20H20ClOP. The van der Waals surface area contributed by atoms with Gasteiger partial charge in [0.25, 0.3) is 0 Å². The van der Waals surface area contributed by atoms with Gasteiger partial charge in [-0.15, -0.1) is 12.4 Å². The Balaban J connectivity index is 0.00000192. The molecule has 0 aliphatic rings. The molecule has 3 rings (SSSR count). The van der Waals surface area contributed by atoms with E-state index in [2.05, 4.69) is 43.1 Å². The van der Waals surface area contributed by atoms with Crippen LogP contribution in [0.15, 0.2) is 91.0 Å². The third-order valence-corrected chi connectivity index (χ3v) is 9.94. The van der Waals surface area contributed by atoms with Crippen molar-refractivity contribution < 1.29 is 4.79 Å². The van der Waals surface area contributed by atoms with Crippen molar-refractivity contribution in [2.75, 3.05) is 6.66 Å². The second-order valence-electron chi connectivity index (χ2n) is 5.76. The van der Waals surface area contributed by atoms with Crippen molar-refractivity contribution in [1.29, 1.82) is 0 Å². The van der Waals surface area contributed by atoms with E-state index in [1.54, 1.807) is 0 Å². The van der Waals surface area contributed by atoms with Gasteiger partial charge in [-0.05, 0) is 0 Å².